The smallest absolute Gasteiger partial charge is 0.338 e. The molecule has 0 atom stereocenters. The van der Waals surface area contributed by atoms with Crippen molar-refractivity contribution >= 4 is 17.6 Å². The number of amides is 1. The maximum atomic E-state index is 12.1. The van der Waals surface area contributed by atoms with Gasteiger partial charge in [-0.05, 0) is 42.8 Å². The van der Waals surface area contributed by atoms with Crippen LogP contribution in [0.25, 0.3) is 0 Å². The molecule has 0 heterocycles. The standard InChI is InChI=1S/C20H23NO4/c1-3-4-14-24-18-12-10-16(11-13-18)20(23)25-15-19(22)21(2)17-8-6-5-7-9-17/h5-13H,3-4,14-15H2,1-2H3. The van der Waals surface area contributed by atoms with Crippen LogP contribution in [0.2, 0.25) is 0 Å². The fourth-order valence-electron chi connectivity index (χ4n) is 2.12. The molecule has 0 radical (unpaired) electrons. The summed E-state index contributed by atoms with van der Waals surface area (Å²) >= 11 is 0. The molecule has 2 rings (SSSR count). The maximum Gasteiger partial charge on any atom is 0.338 e. The molecule has 2 aromatic carbocycles. The number of carbonyl (C=O) groups excluding carboxylic acids is 2. The molecule has 5 nitrogen and oxygen atoms in total. The van der Waals surface area contributed by atoms with Gasteiger partial charge in [-0.3, -0.25) is 4.79 Å². The normalized spacial score (nSPS) is 10.2. The van der Waals surface area contributed by atoms with E-state index < -0.39 is 5.97 Å². The Morgan fingerprint density at radius 3 is 2.32 bits per heavy atom. The number of hydrogen-bond acceptors (Lipinski definition) is 4. The Hall–Kier alpha value is -2.82. The SMILES string of the molecule is CCCCOc1ccc(C(=O)OCC(=O)N(C)c2ccccc2)cc1. The lowest BCUT2D eigenvalue weighted by atomic mass is 10.2. The van der Waals surface area contributed by atoms with E-state index in [9.17, 15) is 9.59 Å². The fourth-order valence-corrected chi connectivity index (χ4v) is 2.12. The largest absolute Gasteiger partial charge is 0.494 e. The zero-order chi connectivity index (χ0) is 18.1. The van der Waals surface area contributed by atoms with Gasteiger partial charge in [-0.2, -0.15) is 0 Å². The highest BCUT2D eigenvalue weighted by molar-refractivity contribution is 5.96. The second-order valence-electron chi connectivity index (χ2n) is 5.59. The second kappa shape index (κ2) is 9.47. The number of rotatable bonds is 8. The maximum absolute atomic E-state index is 12.1. The molecule has 1 amide bonds. The van der Waals surface area contributed by atoms with Crippen molar-refractivity contribution in [2.24, 2.45) is 0 Å². The van der Waals surface area contributed by atoms with Crippen molar-refractivity contribution < 1.29 is 19.1 Å². The molecule has 5 heteroatoms. The average molecular weight is 341 g/mol. The van der Waals surface area contributed by atoms with Crippen LogP contribution in [0.5, 0.6) is 5.75 Å². The summed E-state index contributed by atoms with van der Waals surface area (Å²) in [6.45, 7) is 2.44. The number of unbranched alkanes of at least 4 members (excludes halogenated alkanes) is 1. The van der Waals surface area contributed by atoms with Gasteiger partial charge in [0, 0.05) is 12.7 Å². The molecular weight excluding hydrogens is 318 g/mol. The first kappa shape index (κ1) is 18.5. The molecule has 0 aromatic heterocycles. The van der Waals surface area contributed by atoms with E-state index in [1.54, 1.807) is 31.3 Å². The summed E-state index contributed by atoms with van der Waals surface area (Å²) in [5.41, 5.74) is 1.13. The third kappa shape index (κ3) is 5.64. The number of esters is 1. The summed E-state index contributed by atoms with van der Waals surface area (Å²) in [6, 6.07) is 15.9. The number of nitrogens with zero attached hydrogens (tertiary/aromatic N) is 1. The summed E-state index contributed by atoms with van der Waals surface area (Å²) < 4.78 is 10.6. The van der Waals surface area contributed by atoms with Gasteiger partial charge in [-0.1, -0.05) is 31.5 Å². The Labute approximate surface area is 148 Å². The lowest BCUT2D eigenvalue weighted by Crippen LogP contribution is -2.31. The van der Waals surface area contributed by atoms with Gasteiger partial charge >= 0.3 is 5.97 Å². The predicted molar refractivity (Wildman–Crippen MR) is 97.0 cm³/mol. The van der Waals surface area contributed by atoms with Gasteiger partial charge in [-0.15, -0.1) is 0 Å². The third-order valence-corrected chi connectivity index (χ3v) is 3.70. The molecule has 0 spiro atoms. The summed E-state index contributed by atoms with van der Waals surface area (Å²) in [7, 11) is 1.65. The van der Waals surface area contributed by atoms with E-state index in [-0.39, 0.29) is 12.5 Å². The Balaban J connectivity index is 1.84. The first-order valence-corrected chi connectivity index (χ1v) is 8.33. The summed E-state index contributed by atoms with van der Waals surface area (Å²) in [4.78, 5) is 25.6. The first-order valence-electron chi connectivity index (χ1n) is 8.33. The van der Waals surface area contributed by atoms with Crippen molar-refractivity contribution in [2.75, 3.05) is 25.2 Å². The van der Waals surface area contributed by atoms with Crippen molar-refractivity contribution in [1.29, 1.82) is 0 Å². The molecule has 0 bridgehead atoms. The highest BCUT2D eigenvalue weighted by Crippen LogP contribution is 2.14. The average Bonchev–Trinajstić information content (AvgIpc) is 2.66. The highest BCUT2D eigenvalue weighted by Gasteiger charge is 2.14. The van der Waals surface area contributed by atoms with Gasteiger partial charge in [0.25, 0.3) is 5.91 Å². The summed E-state index contributed by atoms with van der Waals surface area (Å²) in [6.07, 6.45) is 2.05. The minimum atomic E-state index is -0.532. The number of benzene rings is 2. The zero-order valence-electron chi connectivity index (χ0n) is 14.6. The quantitative estimate of drug-likeness (QED) is 0.543. The molecule has 0 aliphatic carbocycles. The highest BCUT2D eigenvalue weighted by atomic mass is 16.5. The van der Waals surface area contributed by atoms with E-state index in [0.29, 0.717) is 17.9 Å². The van der Waals surface area contributed by atoms with E-state index in [1.165, 1.54) is 4.90 Å². The van der Waals surface area contributed by atoms with Crippen LogP contribution < -0.4 is 9.64 Å². The number of hydrogen-bond donors (Lipinski definition) is 0. The van der Waals surface area contributed by atoms with Gasteiger partial charge in [-0.25, -0.2) is 4.79 Å². The van der Waals surface area contributed by atoms with Gasteiger partial charge < -0.3 is 14.4 Å². The van der Waals surface area contributed by atoms with E-state index >= 15 is 0 Å². The van der Waals surface area contributed by atoms with Crippen molar-refractivity contribution in [1.82, 2.24) is 0 Å². The Morgan fingerprint density at radius 2 is 1.68 bits per heavy atom. The molecule has 0 unspecified atom stereocenters. The molecule has 2 aromatic rings. The first-order chi connectivity index (χ1) is 12.1. The monoisotopic (exact) mass is 341 g/mol. The Kier molecular flexibility index (Phi) is 7.01. The van der Waals surface area contributed by atoms with Gasteiger partial charge in [0.05, 0.1) is 12.2 Å². The topological polar surface area (TPSA) is 55.8 Å². The van der Waals surface area contributed by atoms with Crippen LogP contribution in [-0.4, -0.2) is 32.1 Å². The Bertz CT molecular complexity index is 683. The lowest BCUT2D eigenvalue weighted by molar-refractivity contribution is -0.121. The van der Waals surface area contributed by atoms with E-state index in [2.05, 4.69) is 6.92 Å². The van der Waals surface area contributed by atoms with Crippen LogP contribution in [0.1, 0.15) is 30.1 Å². The molecule has 0 aliphatic rings. The molecule has 132 valence electrons. The van der Waals surface area contributed by atoms with Crippen molar-refractivity contribution in [3.05, 3.63) is 60.2 Å². The van der Waals surface area contributed by atoms with Crippen LogP contribution in [0, 0.1) is 0 Å². The van der Waals surface area contributed by atoms with Crippen molar-refractivity contribution in [3.63, 3.8) is 0 Å². The van der Waals surface area contributed by atoms with E-state index in [4.69, 9.17) is 9.47 Å². The summed E-state index contributed by atoms with van der Waals surface area (Å²) in [5.74, 6) is -0.112. The van der Waals surface area contributed by atoms with Crippen molar-refractivity contribution in [3.8, 4) is 5.75 Å². The molecule has 0 N–H and O–H groups in total. The van der Waals surface area contributed by atoms with Crippen LogP contribution in [0.3, 0.4) is 0 Å². The number of ether oxygens (including phenoxy) is 2. The third-order valence-electron chi connectivity index (χ3n) is 3.70. The molecular formula is C20H23NO4. The van der Waals surface area contributed by atoms with Crippen LogP contribution >= 0.6 is 0 Å². The number of carbonyl (C=O) groups is 2. The zero-order valence-corrected chi connectivity index (χ0v) is 14.6. The minimum Gasteiger partial charge on any atom is -0.494 e. The number of anilines is 1. The fraction of sp³-hybridized carbons (Fsp3) is 0.300. The van der Waals surface area contributed by atoms with Crippen LogP contribution in [0.15, 0.2) is 54.6 Å². The molecule has 0 fully saturated rings. The molecule has 25 heavy (non-hydrogen) atoms. The Morgan fingerprint density at radius 1 is 1.00 bits per heavy atom. The van der Waals surface area contributed by atoms with E-state index in [1.807, 2.05) is 30.3 Å². The van der Waals surface area contributed by atoms with Gasteiger partial charge in [0.2, 0.25) is 0 Å². The van der Waals surface area contributed by atoms with Crippen LogP contribution in [0.4, 0.5) is 5.69 Å². The molecule has 0 saturated carbocycles. The summed E-state index contributed by atoms with van der Waals surface area (Å²) in [5, 5.41) is 0. The van der Waals surface area contributed by atoms with Crippen molar-refractivity contribution in [2.45, 2.75) is 19.8 Å². The minimum absolute atomic E-state index is 0.293. The van der Waals surface area contributed by atoms with Gasteiger partial charge in [0.15, 0.2) is 6.61 Å². The molecule has 0 saturated heterocycles. The van der Waals surface area contributed by atoms with Crippen LogP contribution in [-0.2, 0) is 9.53 Å². The second-order valence-corrected chi connectivity index (χ2v) is 5.59. The van der Waals surface area contributed by atoms with Gasteiger partial charge in [0.1, 0.15) is 5.75 Å². The predicted octanol–water partition coefficient (Wildman–Crippen LogP) is 3.69. The van der Waals surface area contributed by atoms with E-state index in [0.717, 1.165) is 18.5 Å². The molecule has 0 aliphatic heterocycles. The number of likely N-dealkylation sites (N-methyl/N-ethyl adjacent to an activating group) is 1. The lowest BCUT2D eigenvalue weighted by Gasteiger charge is -2.17. The number of para-hydroxylation sites is 1.